The number of nitrogens with zero attached hydrogens (tertiary/aromatic N) is 5. The van der Waals surface area contributed by atoms with Crippen molar-refractivity contribution in [2.45, 2.75) is 51.0 Å². The number of carbonyl (C=O) groups is 1. The highest BCUT2D eigenvalue weighted by molar-refractivity contribution is 6.10. The summed E-state index contributed by atoms with van der Waals surface area (Å²) in [4.78, 5) is 23.3. The van der Waals surface area contributed by atoms with Gasteiger partial charge in [-0.3, -0.25) is 4.79 Å². The van der Waals surface area contributed by atoms with Crippen molar-refractivity contribution in [3.63, 3.8) is 0 Å². The molecule has 1 fully saturated rings. The van der Waals surface area contributed by atoms with E-state index in [-0.39, 0.29) is 23.6 Å². The lowest BCUT2D eigenvalue weighted by atomic mass is 10.1. The maximum absolute atomic E-state index is 13.0. The van der Waals surface area contributed by atoms with E-state index in [0.717, 1.165) is 59.6 Å². The van der Waals surface area contributed by atoms with Crippen molar-refractivity contribution in [2.24, 2.45) is 0 Å². The average molecular weight is 508 g/mol. The minimum absolute atomic E-state index is 0.0163. The van der Waals surface area contributed by atoms with E-state index >= 15 is 0 Å². The Morgan fingerprint density at radius 1 is 1.03 bits per heavy atom. The van der Waals surface area contributed by atoms with Gasteiger partial charge < -0.3 is 15.5 Å². The molecule has 0 bridgehead atoms. The van der Waals surface area contributed by atoms with Gasteiger partial charge in [0.25, 0.3) is 5.91 Å². The third kappa shape index (κ3) is 4.56. The number of carbonyl (C=O) groups excluding carboxylic acids is 1. The SMILES string of the molecule is Cc1ccc2c(c1)CN(c1ccc(N[C@H]3CC[C@H](Nc4nc5cc(C(F)(F)F)ccn5n4)C3)nc1)C2=O. The molecule has 0 spiro atoms. The summed E-state index contributed by atoms with van der Waals surface area (Å²) in [6.07, 6.45) is 1.09. The van der Waals surface area contributed by atoms with Crippen molar-refractivity contribution in [3.05, 3.63) is 77.1 Å². The zero-order chi connectivity index (χ0) is 25.7. The molecule has 2 aliphatic rings. The standard InChI is InChI=1S/C26H24F3N7O/c1-15-2-6-21-16(10-15)14-35(24(21)37)20-5-7-22(30-13-20)31-18-3-4-19(12-18)32-25-33-23-11-17(26(27,28)29)8-9-36(23)34-25/h2,5-11,13,18-19H,3-4,12,14H2,1H3,(H,30,31)(H,32,34)/t18-,19-/m0/s1. The fourth-order valence-electron chi connectivity index (χ4n) is 5.04. The number of nitrogens with one attached hydrogen (secondary N) is 2. The first-order chi connectivity index (χ1) is 17.7. The molecule has 1 aliphatic carbocycles. The number of rotatable bonds is 5. The molecule has 0 saturated heterocycles. The van der Waals surface area contributed by atoms with Crippen molar-refractivity contribution in [3.8, 4) is 0 Å². The van der Waals surface area contributed by atoms with Crippen LogP contribution in [0.5, 0.6) is 0 Å². The number of fused-ring (bicyclic) bond motifs is 2. The fraction of sp³-hybridized carbons (Fsp3) is 0.308. The van der Waals surface area contributed by atoms with E-state index in [9.17, 15) is 18.0 Å². The van der Waals surface area contributed by atoms with Crippen molar-refractivity contribution in [1.82, 2.24) is 19.6 Å². The summed E-state index contributed by atoms with van der Waals surface area (Å²) in [5.41, 5.74) is 3.03. The Kier molecular flexibility index (Phi) is 5.50. The van der Waals surface area contributed by atoms with Crippen LogP contribution in [0.4, 0.5) is 30.6 Å². The first kappa shape index (κ1) is 23.3. The van der Waals surface area contributed by atoms with Gasteiger partial charge in [-0.1, -0.05) is 17.7 Å². The molecular formula is C26H24F3N7O. The summed E-state index contributed by atoms with van der Waals surface area (Å²) in [7, 11) is 0. The van der Waals surface area contributed by atoms with Crippen LogP contribution in [0.15, 0.2) is 54.9 Å². The number of benzene rings is 1. The van der Waals surface area contributed by atoms with E-state index in [1.165, 1.54) is 10.7 Å². The highest BCUT2D eigenvalue weighted by Gasteiger charge is 2.32. The third-order valence-corrected chi connectivity index (χ3v) is 6.91. The molecule has 6 rings (SSSR count). The number of aromatic nitrogens is 4. The van der Waals surface area contributed by atoms with E-state index in [4.69, 9.17) is 0 Å². The molecule has 1 saturated carbocycles. The summed E-state index contributed by atoms with van der Waals surface area (Å²) in [5, 5.41) is 10.9. The smallest absolute Gasteiger partial charge is 0.367 e. The predicted octanol–water partition coefficient (Wildman–Crippen LogP) is 5.06. The summed E-state index contributed by atoms with van der Waals surface area (Å²) in [6, 6.07) is 11.9. The molecule has 190 valence electrons. The molecule has 8 nitrogen and oxygen atoms in total. The van der Waals surface area contributed by atoms with Crippen LogP contribution in [-0.4, -0.2) is 37.6 Å². The van der Waals surface area contributed by atoms with Crippen LogP contribution in [0.3, 0.4) is 0 Å². The highest BCUT2D eigenvalue weighted by Crippen LogP contribution is 2.31. The zero-order valence-electron chi connectivity index (χ0n) is 20.0. The van der Waals surface area contributed by atoms with Crippen LogP contribution < -0.4 is 15.5 Å². The van der Waals surface area contributed by atoms with E-state index < -0.39 is 11.7 Å². The van der Waals surface area contributed by atoms with Crippen LogP contribution in [0.25, 0.3) is 5.65 Å². The van der Waals surface area contributed by atoms with Gasteiger partial charge in [0.05, 0.1) is 24.0 Å². The van der Waals surface area contributed by atoms with Crippen molar-refractivity contribution in [2.75, 3.05) is 15.5 Å². The molecule has 1 aliphatic heterocycles. The number of aryl methyl sites for hydroxylation is 1. The van der Waals surface area contributed by atoms with E-state index in [1.54, 1.807) is 11.1 Å². The van der Waals surface area contributed by atoms with Gasteiger partial charge in [-0.05, 0) is 62.1 Å². The van der Waals surface area contributed by atoms with Crippen molar-refractivity contribution < 1.29 is 18.0 Å². The quantitative estimate of drug-likeness (QED) is 0.393. The number of hydrogen-bond acceptors (Lipinski definition) is 6. The predicted molar refractivity (Wildman–Crippen MR) is 133 cm³/mol. The molecule has 1 aromatic carbocycles. The molecule has 3 aromatic heterocycles. The Morgan fingerprint density at radius 3 is 2.59 bits per heavy atom. The molecule has 4 heterocycles. The lowest BCUT2D eigenvalue weighted by Crippen LogP contribution is -2.24. The summed E-state index contributed by atoms with van der Waals surface area (Å²) in [5.74, 6) is 1.01. The van der Waals surface area contributed by atoms with E-state index in [2.05, 4.69) is 25.7 Å². The summed E-state index contributed by atoms with van der Waals surface area (Å²) >= 11 is 0. The van der Waals surface area contributed by atoms with Crippen molar-refractivity contribution in [1.29, 1.82) is 0 Å². The molecule has 1 amide bonds. The lowest BCUT2D eigenvalue weighted by Gasteiger charge is -2.17. The van der Waals surface area contributed by atoms with Gasteiger partial charge >= 0.3 is 6.18 Å². The first-order valence-corrected chi connectivity index (χ1v) is 12.1. The summed E-state index contributed by atoms with van der Waals surface area (Å²) < 4.78 is 40.2. The molecule has 2 atom stereocenters. The Morgan fingerprint density at radius 2 is 1.84 bits per heavy atom. The molecule has 2 N–H and O–H groups in total. The monoisotopic (exact) mass is 507 g/mol. The van der Waals surface area contributed by atoms with Crippen LogP contribution in [-0.2, 0) is 12.7 Å². The second kappa shape index (κ2) is 8.75. The number of amides is 1. The normalized spacial score (nSPS) is 19.5. The van der Waals surface area contributed by atoms with Gasteiger partial charge in [0.2, 0.25) is 5.95 Å². The van der Waals surface area contributed by atoms with Crippen LogP contribution in [0.2, 0.25) is 0 Å². The Hall–Kier alpha value is -4.15. The number of pyridine rings is 2. The Bertz CT molecular complexity index is 1480. The summed E-state index contributed by atoms with van der Waals surface area (Å²) in [6.45, 7) is 2.55. The van der Waals surface area contributed by atoms with Gasteiger partial charge in [-0.15, -0.1) is 5.10 Å². The molecule has 37 heavy (non-hydrogen) atoms. The molecule has 11 heteroatoms. The third-order valence-electron chi connectivity index (χ3n) is 6.91. The van der Waals surface area contributed by atoms with Crippen LogP contribution >= 0.6 is 0 Å². The molecular weight excluding hydrogens is 483 g/mol. The molecule has 0 unspecified atom stereocenters. The number of anilines is 3. The Labute approximate surface area is 210 Å². The second-order valence-electron chi connectivity index (χ2n) is 9.60. The zero-order valence-corrected chi connectivity index (χ0v) is 20.0. The van der Waals surface area contributed by atoms with Gasteiger partial charge in [-0.25, -0.2) is 9.50 Å². The number of halogens is 3. The fourth-order valence-corrected chi connectivity index (χ4v) is 5.04. The maximum atomic E-state index is 13.0. The largest absolute Gasteiger partial charge is 0.416 e. The van der Waals surface area contributed by atoms with Gasteiger partial charge in [0.15, 0.2) is 5.65 Å². The number of hydrogen-bond donors (Lipinski definition) is 2. The number of alkyl halides is 3. The Balaban J connectivity index is 1.06. The van der Waals surface area contributed by atoms with Crippen molar-refractivity contribution >= 4 is 29.0 Å². The molecule has 0 radical (unpaired) electrons. The maximum Gasteiger partial charge on any atom is 0.416 e. The van der Waals surface area contributed by atoms with Crippen LogP contribution in [0, 0.1) is 6.92 Å². The average Bonchev–Trinajstić information content (AvgIpc) is 3.55. The van der Waals surface area contributed by atoms with Gasteiger partial charge in [-0.2, -0.15) is 18.2 Å². The van der Waals surface area contributed by atoms with Gasteiger partial charge in [0, 0.05) is 23.8 Å². The second-order valence-corrected chi connectivity index (χ2v) is 9.60. The first-order valence-electron chi connectivity index (χ1n) is 12.1. The lowest BCUT2D eigenvalue weighted by molar-refractivity contribution is -0.137. The van der Waals surface area contributed by atoms with Gasteiger partial charge in [0.1, 0.15) is 5.82 Å². The molecule has 4 aromatic rings. The van der Waals surface area contributed by atoms with E-state index in [0.29, 0.717) is 12.5 Å². The van der Waals surface area contributed by atoms with E-state index in [1.807, 2.05) is 37.3 Å². The highest BCUT2D eigenvalue weighted by atomic mass is 19.4. The topological polar surface area (TPSA) is 87.4 Å². The van der Waals surface area contributed by atoms with Crippen LogP contribution in [0.1, 0.15) is 46.3 Å². The minimum atomic E-state index is -4.42. The minimum Gasteiger partial charge on any atom is -0.367 e.